The second kappa shape index (κ2) is 12.3. The highest BCUT2D eigenvalue weighted by Crippen LogP contribution is 2.17. The van der Waals surface area contributed by atoms with Crippen molar-refractivity contribution in [1.82, 2.24) is 10.6 Å². The summed E-state index contributed by atoms with van der Waals surface area (Å²) in [6, 6.07) is 0.588. The van der Waals surface area contributed by atoms with Crippen molar-refractivity contribution in [1.29, 1.82) is 0 Å². The molecule has 1 aliphatic carbocycles. The van der Waals surface area contributed by atoms with Gasteiger partial charge in [-0.1, -0.05) is 32.1 Å². The number of unbranched alkanes of at least 4 members (excludes halogenated alkanes) is 3. The Bertz CT molecular complexity index is 326. The average molecular weight is 311 g/mol. The van der Waals surface area contributed by atoms with Gasteiger partial charge in [0.2, 0.25) is 0 Å². The summed E-state index contributed by atoms with van der Waals surface area (Å²) in [5, 5.41) is 6.90. The van der Waals surface area contributed by atoms with Crippen LogP contribution in [0.15, 0.2) is 4.99 Å². The standard InChI is InChI=1S/C17H33N3O2/c1-3-22-16(21)13-9-4-5-10-14-19-17(18-2)20-15-11-7-6-8-12-15/h15H,3-14H2,1-2H3,(H2,18,19,20). The second-order valence-corrected chi connectivity index (χ2v) is 5.95. The quantitative estimate of drug-likeness (QED) is 0.297. The van der Waals surface area contributed by atoms with E-state index >= 15 is 0 Å². The third kappa shape index (κ3) is 8.90. The van der Waals surface area contributed by atoms with Crippen LogP contribution < -0.4 is 10.6 Å². The Morgan fingerprint density at radius 3 is 2.55 bits per heavy atom. The van der Waals surface area contributed by atoms with Crippen molar-refractivity contribution in [2.75, 3.05) is 20.2 Å². The Hall–Kier alpha value is -1.26. The molecule has 0 aromatic carbocycles. The largest absolute Gasteiger partial charge is 0.466 e. The number of ether oxygens (including phenoxy) is 1. The molecule has 0 unspecified atom stereocenters. The lowest BCUT2D eigenvalue weighted by Crippen LogP contribution is -2.44. The first-order chi connectivity index (χ1) is 10.8. The van der Waals surface area contributed by atoms with E-state index in [-0.39, 0.29) is 5.97 Å². The van der Waals surface area contributed by atoms with Gasteiger partial charge in [0.15, 0.2) is 5.96 Å². The van der Waals surface area contributed by atoms with Gasteiger partial charge in [0.05, 0.1) is 6.61 Å². The molecule has 0 radical (unpaired) electrons. The van der Waals surface area contributed by atoms with Gasteiger partial charge in [-0.05, 0) is 32.6 Å². The molecule has 0 amide bonds. The van der Waals surface area contributed by atoms with Crippen LogP contribution in [-0.2, 0) is 9.53 Å². The molecule has 0 aromatic rings. The first-order valence-corrected chi connectivity index (χ1v) is 8.89. The van der Waals surface area contributed by atoms with Gasteiger partial charge in [0, 0.05) is 26.1 Å². The molecule has 2 N–H and O–H groups in total. The minimum Gasteiger partial charge on any atom is -0.466 e. The van der Waals surface area contributed by atoms with E-state index in [1.807, 2.05) is 14.0 Å². The Morgan fingerprint density at radius 2 is 1.86 bits per heavy atom. The molecule has 5 nitrogen and oxygen atoms in total. The van der Waals surface area contributed by atoms with Crippen LogP contribution in [0.1, 0.15) is 71.1 Å². The number of guanidine groups is 1. The second-order valence-electron chi connectivity index (χ2n) is 5.95. The van der Waals surface area contributed by atoms with E-state index in [0.29, 0.717) is 19.1 Å². The summed E-state index contributed by atoms with van der Waals surface area (Å²) < 4.78 is 4.91. The Kier molecular flexibility index (Phi) is 10.5. The van der Waals surface area contributed by atoms with Crippen LogP contribution in [-0.4, -0.2) is 38.2 Å². The zero-order valence-corrected chi connectivity index (χ0v) is 14.3. The van der Waals surface area contributed by atoms with Gasteiger partial charge >= 0.3 is 5.97 Å². The fraction of sp³-hybridized carbons (Fsp3) is 0.882. The number of aliphatic imine (C=N–C) groups is 1. The van der Waals surface area contributed by atoms with Gasteiger partial charge in [-0.25, -0.2) is 0 Å². The molecule has 128 valence electrons. The fourth-order valence-electron chi connectivity index (χ4n) is 2.82. The number of carbonyl (C=O) groups is 1. The smallest absolute Gasteiger partial charge is 0.305 e. The molecule has 0 heterocycles. The summed E-state index contributed by atoms with van der Waals surface area (Å²) in [7, 11) is 1.83. The minimum absolute atomic E-state index is 0.0716. The van der Waals surface area contributed by atoms with Crippen molar-refractivity contribution in [3.63, 3.8) is 0 Å². The summed E-state index contributed by atoms with van der Waals surface area (Å²) in [5.41, 5.74) is 0. The van der Waals surface area contributed by atoms with Crippen LogP contribution in [0, 0.1) is 0 Å². The molecule has 0 aromatic heterocycles. The molecule has 0 saturated heterocycles. The molecule has 5 heteroatoms. The molecular weight excluding hydrogens is 278 g/mol. The van der Waals surface area contributed by atoms with Crippen LogP contribution in [0.5, 0.6) is 0 Å². The van der Waals surface area contributed by atoms with Gasteiger partial charge in [-0.15, -0.1) is 0 Å². The zero-order chi connectivity index (χ0) is 16.0. The third-order valence-corrected chi connectivity index (χ3v) is 4.08. The van der Waals surface area contributed by atoms with Gasteiger partial charge < -0.3 is 15.4 Å². The van der Waals surface area contributed by atoms with Crippen LogP contribution in [0.25, 0.3) is 0 Å². The number of nitrogens with one attached hydrogen (secondary N) is 2. The van der Waals surface area contributed by atoms with Crippen molar-refractivity contribution in [2.24, 2.45) is 4.99 Å². The minimum atomic E-state index is -0.0716. The number of hydrogen-bond acceptors (Lipinski definition) is 3. The summed E-state index contributed by atoms with van der Waals surface area (Å²) in [4.78, 5) is 15.5. The number of rotatable bonds is 9. The molecule has 0 atom stereocenters. The van der Waals surface area contributed by atoms with Crippen LogP contribution in [0.2, 0.25) is 0 Å². The average Bonchev–Trinajstić information content (AvgIpc) is 2.54. The first kappa shape index (κ1) is 18.8. The monoisotopic (exact) mass is 311 g/mol. The molecule has 0 bridgehead atoms. The van der Waals surface area contributed by atoms with Crippen molar-refractivity contribution in [2.45, 2.75) is 77.2 Å². The molecule has 0 aliphatic heterocycles. The highest BCUT2D eigenvalue weighted by atomic mass is 16.5. The Labute approximate surface area is 135 Å². The first-order valence-electron chi connectivity index (χ1n) is 8.89. The van der Waals surface area contributed by atoms with Crippen LogP contribution in [0.3, 0.4) is 0 Å². The van der Waals surface area contributed by atoms with Crippen LogP contribution in [0.4, 0.5) is 0 Å². The van der Waals surface area contributed by atoms with E-state index in [2.05, 4.69) is 15.6 Å². The van der Waals surface area contributed by atoms with E-state index < -0.39 is 0 Å². The van der Waals surface area contributed by atoms with E-state index in [1.165, 1.54) is 32.1 Å². The normalized spacial score (nSPS) is 16.4. The highest BCUT2D eigenvalue weighted by Gasteiger charge is 2.13. The summed E-state index contributed by atoms with van der Waals surface area (Å²) >= 11 is 0. The van der Waals surface area contributed by atoms with Gasteiger partial charge in [0.25, 0.3) is 0 Å². The zero-order valence-electron chi connectivity index (χ0n) is 14.3. The molecule has 1 fully saturated rings. The van der Waals surface area contributed by atoms with E-state index in [0.717, 1.165) is 38.2 Å². The maximum atomic E-state index is 11.2. The Morgan fingerprint density at radius 1 is 1.14 bits per heavy atom. The molecule has 1 aliphatic rings. The van der Waals surface area contributed by atoms with Crippen LogP contribution >= 0.6 is 0 Å². The lowest BCUT2D eigenvalue weighted by Gasteiger charge is -2.24. The molecule has 1 saturated carbocycles. The van der Waals surface area contributed by atoms with Crippen molar-refractivity contribution < 1.29 is 9.53 Å². The predicted molar refractivity (Wildman–Crippen MR) is 91.1 cm³/mol. The summed E-state index contributed by atoms with van der Waals surface area (Å²) in [5.74, 6) is 0.858. The summed E-state index contributed by atoms with van der Waals surface area (Å²) in [6.45, 7) is 3.26. The Balaban J connectivity index is 1.99. The van der Waals surface area contributed by atoms with E-state index in [9.17, 15) is 4.79 Å². The van der Waals surface area contributed by atoms with Crippen molar-refractivity contribution in [3.05, 3.63) is 0 Å². The van der Waals surface area contributed by atoms with Gasteiger partial charge in [0.1, 0.15) is 0 Å². The molecule has 0 spiro atoms. The molecule has 1 rings (SSSR count). The maximum absolute atomic E-state index is 11.2. The highest BCUT2D eigenvalue weighted by molar-refractivity contribution is 5.79. The number of hydrogen-bond donors (Lipinski definition) is 2. The topological polar surface area (TPSA) is 62.7 Å². The molecule has 22 heavy (non-hydrogen) atoms. The summed E-state index contributed by atoms with van der Waals surface area (Å²) in [6.07, 6.45) is 11.3. The lowest BCUT2D eigenvalue weighted by molar-refractivity contribution is -0.143. The number of esters is 1. The van der Waals surface area contributed by atoms with Gasteiger partial charge in [-0.2, -0.15) is 0 Å². The van der Waals surface area contributed by atoms with E-state index in [1.54, 1.807) is 0 Å². The SMILES string of the molecule is CCOC(=O)CCCCCCNC(=NC)NC1CCCCC1. The van der Waals surface area contributed by atoms with Gasteiger partial charge in [-0.3, -0.25) is 9.79 Å². The molecular formula is C17H33N3O2. The lowest BCUT2D eigenvalue weighted by atomic mass is 9.96. The third-order valence-electron chi connectivity index (χ3n) is 4.08. The maximum Gasteiger partial charge on any atom is 0.305 e. The fourth-order valence-corrected chi connectivity index (χ4v) is 2.82. The number of nitrogens with zero attached hydrogens (tertiary/aromatic N) is 1. The van der Waals surface area contributed by atoms with E-state index in [4.69, 9.17) is 4.74 Å². The predicted octanol–water partition coefficient (Wildman–Crippen LogP) is 3.00. The van der Waals surface area contributed by atoms with Crippen molar-refractivity contribution in [3.8, 4) is 0 Å². The number of carbonyl (C=O) groups excluding carboxylic acids is 1. The van der Waals surface area contributed by atoms with Crippen molar-refractivity contribution >= 4 is 11.9 Å².